The molecule has 0 fully saturated rings. The number of nitrogens with two attached hydrogens (primary N) is 1. The Bertz CT molecular complexity index is 1200. The molecule has 3 aromatic rings. The second-order valence-electron chi connectivity index (χ2n) is 6.90. The Morgan fingerprint density at radius 2 is 1.88 bits per heavy atom. The number of carbonyl (C=O) groups is 2. The number of hydrogen-bond donors (Lipinski definition) is 3. The molecule has 2 aromatic heterocycles. The Balaban J connectivity index is 1.73. The second-order valence-corrected chi connectivity index (χ2v) is 6.90. The Morgan fingerprint density at radius 1 is 1.16 bits per heavy atom. The van der Waals surface area contributed by atoms with Gasteiger partial charge in [0.05, 0.1) is 13.2 Å². The van der Waals surface area contributed by atoms with Crippen molar-refractivity contribution in [1.29, 1.82) is 0 Å². The number of aromatic amines is 1. The van der Waals surface area contributed by atoms with Crippen molar-refractivity contribution in [3.63, 3.8) is 0 Å². The fraction of sp³-hybridized carbons (Fsp3) is 0.286. The minimum atomic E-state index is -1.16. The van der Waals surface area contributed by atoms with Gasteiger partial charge in [0.25, 0.3) is 0 Å². The van der Waals surface area contributed by atoms with E-state index in [1.54, 1.807) is 7.11 Å². The van der Waals surface area contributed by atoms with E-state index < -0.39 is 5.97 Å². The maximum atomic E-state index is 12.5. The summed E-state index contributed by atoms with van der Waals surface area (Å²) < 4.78 is 11.8. The van der Waals surface area contributed by atoms with Gasteiger partial charge >= 0.3 is 17.7 Å². The fourth-order valence-electron chi connectivity index (χ4n) is 2.97. The van der Waals surface area contributed by atoms with Crippen molar-refractivity contribution in [1.82, 2.24) is 19.5 Å². The van der Waals surface area contributed by atoms with E-state index in [1.807, 2.05) is 24.3 Å². The van der Waals surface area contributed by atoms with Crippen LogP contribution in [0.15, 0.2) is 41.2 Å². The molecular weight excluding hydrogens is 418 g/mol. The summed E-state index contributed by atoms with van der Waals surface area (Å²) in [6, 6.07) is 7.45. The molecule has 4 N–H and O–H groups in total. The third kappa shape index (κ3) is 5.79. The van der Waals surface area contributed by atoms with Crippen LogP contribution in [0, 0.1) is 0 Å². The zero-order chi connectivity index (χ0) is 23.1. The average Bonchev–Trinajstić information content (AvgIpc) is 3.08. The molecule has 0 saturated heterocycles. The number of anilines is 1. The first-order chi connectivity index (χ1) is 15.4. The van der Waals surface area contributed by atoms with E-state index in [2.05, 4.69) is 15.0 Å². The van der Waals surface area contributed by atoms with Crippen molar-refractivity contribution in [3.8, 4) is 6.01 Å². The van der Waals surface area contributed by atoms with Crippen LogP contribution in [0.25, 0.3) is 11.2 Å². The number of ether oxygens (including phenoxy) is 2. The SMILES string of the molecule is COCCOc1nc(N)c2[nH]c(=O)n(Cc3ccc(CCC(=O)/C=C/C(=O)O)cc3)c2n1. The maximum absolute atomic E-state index is 12.5. The van der Waals surface area contributed by atoms with Crippen LogP contribution in [0.1, 0.15) is 17.5 Å². The van der Waals surface area contributed by atoms with Crippen molar-refractivity contribution >= 4 is 28.7 Å². The van der Waals surface area contributed by atoms with Crippen LogP contribution in [0.3, 0.4) is 0 Å². The van der Waals surface area contributed by atoms with E-state index in [0.717, 1.165) is 23.3 Å². The number of carbonyl (C=O) groups excluding carboxylic acids is 1. The first-order valence-corrected chi connectivity index (χ1v) is 9.76. The van der Waals surface area contributed by atoms with Gasteiger partial charge in [0.2, 0.25) is 0 Å². The summed E-state index contributed by atoms with van der Waals surface area (Å²) in [5, 5.41) is 8.56. The number of nitrogens with one attached hydrogen (secondary N) is 1. The van der Waals surface area contributed by atoms with Crippen molar-refractivity contribution in [3.05, 3.63) is 58.0 Å². The lowest BCUT2D eigenvalue weighted by Crippen LogP contribution is -2.18. The van der Waals surface area contributed by atoms with Crippen LogP contribution >= 0.6 is 0 Å². The number of rotatable bonds is 11. The van der Waals surface area contributed by atoms with E-state index in [0.29, 0.717) is 24.2 Å². The summed E-state index contributed by atoms with van der Waals surface area (Å²) in [6.45, 7) is 0.842. The van der Waals surface area contributed by atoms with E-state index >= 15 is 0 Å². The smallest absolute Gasteiger partial charge is 0.328 e. The Hall–Kier alpha value is -3.99. The van der Waals surface area contributed by atoms with E-state index in [9.17, 15) is 14.4 Å². The number of carboxylic acids is 1. The third-order valence-electron chi connectivity index (χ3n) is 4.58. The molecule has 0 aliphatic carbocycles. The molecule has 0 aliphatic rings. The summed E-state index contributed by atoms with van der Waals surface area (Å²) in [5.41, 5.74) is 7.98. The fourth-order valence-corrected chi connectivity index (χ4v) is 2.97. The number of allylic oxidation sites excluding steroid dienone is 1. The molecule has 0 spiro atoms. The van der Waals surface area contributed by atoms with Gasteiger partial charge in [-0.05, 0) is 23.6 Å². The topological polar surface area (TPSA) is 162 Å². The average molecular weight is 441 g/mol. The lowest BCUT2D eigenvalue weighted by molar-refractivity contribution is -0.131. The van der Waals surface area contributed by atoms with Crippen LogP contribution in [0.5, 0.6) is 6.01 Å². The first-order valence-electron chi connectivity index (χ1n) is 9.76. The van der Waals surface area contributed by atoms with Gasteiger partial charge in [-0.15, -0.1) is 0 Å². The highest BCUT2D eigenvalue weighted by Crippen LogP contribution is 2.19. The Kier molecular flexibility index (Phi) is 7.34. The van der Waals surface area contributed by atoms with Crippen LogP contribution < -0.4 is 16.2 Å². The normalized spacial score (nSPS) is 11.3. The minimum absolute atomic E-state index is 0.0526. The van der Waals surface area contributed by atoms with Crippen molar-refractivity contribution in [2.24, 2.45) is 0 Å². The van der Waals surface area contributed by atoms with Crippen molar-refractivity contribution < 1.29 is 24.2 Å². The monoisotopic (exact) mass is 441 g/mol. The quantitative estimate of drug-likeness (QED) is 0.290. The van der Waals surface area contributed by atoms with Gasteiger partial charge in [-0.25, -0.2) is 9.59 Å². The highest BCUT2D eigenvalue weighted by molar-refractivity contribution is 5.95. The highest BCUT2D eigenvalue weighted by atomic mass is 16.5. The summed E-state index contributed by atoms with van der Waals surface area (Å²) in [6.07, 6.45) is 2.56. The number of fused-ring (bicyclic) bond motifs is 1. The first kappa shape index (κ1) is 22.7. The number of H-pyrrole nitrogens is 1. The second kappa shape index (κ2) is 10.4. The lowest BCUT2D eigenvalue weighted by Gasteiger charge is -2.07. The van der Waals surface area contributed by atoms with Gasteiger partial charge in [-0.1, -0.05) is 24.3 Å². The van der Waals surface area contributed by atoms with Gasteiger partial charge in [0.15, 0.2) is 17.2 Å². The number of imidazole rings is 1. The van der Waals surface area contributed by atoms with Gasteiger partial charge in [-0.3, -0.25) is 9.36 Å². The Labute approximate surface area is 182 Å². The summed E-state index contributed by atoms with van der Waals surface area (Å²) in [4.78, 5) is 45.6. The molecule has 11 heteroatoms. The number of carboxylic acid groups (broad SMARTS) is 1. The highest BCUT2D eigenvalue weighted by Gasteiger charge is 2.15. The molecule has 0 amide bonds. The number of hydrogen-bond acceptors (Lipinski definition) is 8. The minimum Gasteiger partial charge on any atom is -0.478 e. The lowest BCUT2D eigenvalue weighted by atomic mass is 10.1. The summed E-state index contributed by atoms with van der Waals surface area (Å²) in [7, 11) is 1.55. The molecule has 32 heavy (non-hydrogen) atoms. The summed E-state index contributed by atoms with van der Waals surface area (Å²) in [5.74, 6) is -1.31. The van der Waals surface area contributed by atoms with Crippen LogP contribution in [-0.2, 0) is 27.3 Å². The van der Waals surface area contributed by atoms with Crippen molar-refractivity contribution in [2.75, 3.05) is 26.1 Å². The van der Waals surface area contributed by atoms with Gasteiger partial charge in [0, 0.05) is 19.6 Å². The third-order valence-corrected chi connectivity index (χ3v) is 4.58. The molecular formula is C21H23N5O6. The number of aromatic nitrogens is 4. The van der Waals surface area contributed by atoms with Crippen LogP contribution in [0.2, 0.25) is 0 Å². The van der Waals surface area contributed by atoms with Gasteiger partial charge in [0.1, 0.15) is 12.1 Å². The molecule has 3 rings (SSSR count). The van der Waals surface area contributed by atoms with Gasteiger partial charge < -0.3 is 25.3 Å². The maximum Gasteiger partial charge on any atom is 0.328 e. The number of nitrogens with zero attached hydrogens (tertiary/aromatic N) is 3. The number of methoxy groups -OCH3 is 1. The molecule has 11 nitrogen and oxygen atoms in total. The molecule has 0 atom stereocenters. The predicted molar refractivity (Wildman–Crippen MR) is 116 cm³/mol. The zero-order valence-electron chi connectivity index (χ0n) is 17.4. The molecule has 0 unspecified atom stereocenters. The number of benzene rings is 1. The summed E-state index contributed by atoms with van der Waals surface area (Å²) >= 11 is 0. The zero-order valence-corrected chi connectivity index (χ0v) is 17.4. The molecule has 0 saturated carbocycles. The van der Waals surface area contributed by atoms with E-state index in [1.165, 1.54) is 4.57 Å². The molecule has 0 bridgehead atoms. The molecule has 0 aliphatic heterocycles. The molecule has 168 valence electrons. The number of aryl methyl sites for hydroxylation is 1. The molecule has 1 aromatic carbocycles. The van der Waals surface area contributed by atoms with Gasteiger partial charge in [-0.2, -0.15) is 9.97 Å². The predicted octanol–water partition coefficient (Wildman–Crippen LogP) is 0.918. The number of ketones is 1. The van der Waals surface area contributed by atoms with Crippen molar-refractivity contribution in [2.45, 2.75) is 19.4 Å². The van der Waals surface area contributed by atoms with E-state index in [4.69, 9.17) is 20.3 Å². The largest absolute Gasteiger partial charge is 0.478 e. The van der Waals surface area contributed by atoms with Crippen LogP contribution in [0.4, 0.5) is 5.82 Å². The van der Waals surface area contributed by atoms with Crippen LogP contribution in [-0.4, -0.2) is 56.7 Å². The molecule has 2 heterocycles. The molecule has 0 radical (unpaired) electrons. The number of aliphatic carboxylic acids is 1. The number of nitrogen functional groups attached to an aromatic ring is 1. The Morgan fingerprint density at radius 3 is 2.56 bits per heavy atom. The van der Waals surface area contributed by atoms with E-state index in [-0.39, 0.29) is 42.9 Å². The standard InChI is InChI=1S/C21H23N5O6/c1-31-10-11-32-20-24-18(22)17-19(25-20)26(21(30)23-17)12-14-4-2-13(3-5-14)6-7-15(27)8-9-16(28)29/h2-5,8-9H,6-7,10-12H2,1H3,(H,23,30)(H,28,29)(H2,22,24,25)/b9-8+.